The van der Waals surface area contributed by atoms with Crippen LogP contribution in [0, 0.1) is 0 Å². The molecule has 1 saturated heterocycles. The molecule has 0 amide bonds. The maximum absolute atomic E-state index is 6.11. The van der Waals surface area contributed by atoms with Crippen molar-refractivity contribution in [2.45, 2.75) is 44.9 Å². The number of benzene rings is 1. The molecule has 0 saturated carbocycles. The first-order chi connectivity index (χ1) is 12.4. The Morgan fingerprint density at radius 1 is 1.12 bits per heavy atom. The maximum Gasteiger partial charge on any atom is 0.133 e. The first-order valence-corrected chi connectivity index (χ1v) is 9.38. The van der Waals surface area contributed by atoms with Gasteiger partial charge in [0, 0.05) is 42.7 Å². The largest absolute Gasteiger partial charge is 0.462 e. The summed E-state index contributed by atoms with van der Waals surface area (Å²) in [4.78, 5) is 6.06. The van der Waals surface area contributed by atoms with Crippen LogP contribution in [0.15, 0.2) is 40.8 Å². The van der Waals surface area contributed by atoms with Crippen molar-refractivity contribution in [2.24, 2.45) is 0 Å². The van der Waals surface area contributed by atoms with Gasteiger partial charge in [-0.2, -0.15) is 0 Å². The highest BCUT2D eigenvalue weighted by Gasteiger charge is 2.23. The number of furan rings is 1. The van der Waals surface area contributed by atoms with E-state index < -0.39 is 0 Å². The number of fused-ring (bicyclic) bond motifs is 3. The molecule has 2 aliphatic rings. The first-order valence-electron chi connectivity index (χ1n) is 9.38. The maximum atomic E-state index is 6.11. The Kier molecular flexibility index (Phi) is 3.87. The molecule has 3 aromatic rings. The molecular weight excluding hydrogens is 312 g/mol. The molecule has 0 bridgehead atoms. The van der Waals surface area contributed by atoms with E-state index in [2.05, 4.69) is 46.3 Å². The Bertz CT molecular complexity index is 873. The number of rotatable bonds is 3. The summed E-state index contributed by atoms with van der Waals surface area (Å²) in [5.74, 6) is 2.05. The smallest absolute Gasteiger partial charge is 0.133 e. The quantitative estimate of drug-likeness (QED) is 0.762. The van der Waals surface area contributed by atoms with Gasteiger partial charge in [0.25, 0.3) is 0 Å². The normalized spacial score (nSPS) is 21.5. The number of ether oxygens (including phenoxy) is 1. The lowest BCUT2D eigenvalue weighted by Crippen LogP contribution is -2.29. The summed E-state index contributed by atoms with van der Waals surface area (Å²) in [5, 5.41) is 1.36. The minimum atomic E-state index is 0.157. The van der Waals surface area contributed by atoms with Crippen molar-refractivity contribution in [1.29, 1.82) is 0 Å². The number of nitrogens with one attached hydrogen (secondary N) is 1. The van der Waals surface area contributed by atoms with Gasteiger partial charge in [0.15, 0.2) is 0 Å². The summed E-state index contributed by atoms with van der Waals surface area (Å²) in [6.07, 6.45) is 4.71. The SMILES string of the molecule is c1ccc2c3c([nH]c2c1)CCN(Cc1ccc([C@H]2CCCCO2)o1)C3. The van der Waals surface area contributed by atoms with Crippen LogP contribution in [0.3, 0.4) is 0 Å². The summed E-state index contributed by atoms with van der Waals surface area (Å²) in [7, 11) is 0. The molecule has 5 rings (SSSR count). The highest BCUT2D eigenvalue weighted by Crippen LogP contribution is 2.31. The van der Waals surface area contributed by atoms with Crippen molar-refractivity contribution in [3.8, 4) is 0 Å². The minimum absolute atomic E-state index is 0.157. The molecular formula is C21H24N2O2. The summed E-state index contributed by atoms with van der Waals surface area (Å²) in [6.45, 7) is 3.77. The number of H-pyrrole nitrogens is 1. The van der Waals surface area contributed by atoms with E-state index >= 15 is 0 Å². The molecule has 4 nitrogen and oxygen atoms in total. The Labute approximate surface area is 147 Å². The summed E-state index contributed by atoms with van der Waals surface area (Å²) < 4.78 is 11.9. The predicted octanol–water partition coefficient (Wildman–Crippen LogP) is 4.56. The fourth-order valence-corrected chi connectivity index (χ4v) is 4.20. The van der Waals surface area contributed by atoms with Crippen molar-refractivity contribution in [1.82, 2.24) is 9.88 Å². The molecule has 0 spiro atoms. The highest BCUT2D eigenvalue weighted by atomic mass is 16.5. The van der Waals surface area contributed by atoms with Crippen LogP contribution in [0.4, 0.5) is 0 Å². The monoisotopic (exact) mass is 336 g/mol. The second-order valence-corrected chi connectivity index (χ2v) is 7.25. The summed E-state index contributed by atoms with van der Waals surface area (Å²) in [5.41, 5.74) is 4.10. The molecule has 1 N–H and O–H groups in total. The number of hydrogen-bond donors (Lipinski definition) is 1. The average Bonchev–Trinajstić information content (AvgIpc) is 3.27. The van der Waals surface area contributed by atoms with Crippen LogP contribution in [0.2, 0.25) is 0 Å². The summed E-state index contributed by atoms with van der Waals surface area (Å²) in [6, 6.07) is 12.8. The molecule has 0 radical (unpaired) electrons. The fourth-order valence-electron chi connectivity index (χ4n) is 4.20. The van der Waals surface area contributed by atoms with E-state index in [4.69, 9.17) is 9.15 Å². The molecule has 25 heavy (non-hydrogen) atoms. The molecule has 0 aliphatic carbocycles. The van der Waals surface area contributed by atoms with Crippen LogP contribution < -0.4 is 0 Å². The van der Waals surface area contributed by atoms with Gasteiger partial charge in [-0.15, -0.1) is 0 Å². The molecule has 130 valence electrons. The van der Waals surface area contributed by atoms with Crippen molar-refractivity contribution in [3.63, 3.8) is 0 Å². The van der Waals surface area contributed by atoms with E-state index in [-0.39, 0.29) is 6.10 Å². The van der Waals surface area contributed by atoms with Gasteiger partial charge < -0.3 is 14.1 Å². The minimum Gasteiger partial charge on any atom is -0.462 e. The molecule has 2 aromatic heterocycles. The zero-order valence-corrected chi connectivity index (χ0v) is 14.5. The topological polar surface area (TPSA) is 41.4 Å². The van der Waals surface area contributed by atoms with Crippen LogP contribution in [0.25, 0.3) is 10.9 Å². The van der Waals surface area contributed by atoms with Crippen molar-refractivity contribution in [3.05, 3.63) is 59.2 Å². The lowest BCUT2D eigenvalue weighted by atomic mass is 10.0. The molecule has 1 aromatic carbocycles. The van der Waals surface area contributed by atoms with Gasteiger partial charge in [0.05, 0.1) is 6.54 Å². The standard InChI is InChI=1S/C21H24N2O2/c1-2-6-18-16(5-1)17-14-23(11-10-19(17)22-18)13-15-8-9-21(25-15)20-7-3-4-12-24-20/h1-2,5-6,8-9,20,22H,3-4,7,10-14H2/t20-/m1/s1. The van der Waals surface area contributed by atoms with Gasteiger partial charge in [0.1, 0.15) is 17.6 Å². The first kappa shape index (κ1) is 15.2. The third kappa shape index (κ3) is 2.90. The van der Waals surface area contributed by atoms with Crippen molar-refractivity contribution >= 4 is 10.9 Å². The van der Waals surface area contributed by atoms with Gasteiger partial charge in [-0.3, -0.25) is 4.90 Å². The predicted molar refractivity (Wildman–Crippen MR) is 97.4 cm³/mol. The molecule has 2 aliphatic heterocycles. The second-order valence-electron chi connectivity index (χ2n) is 7.25. The van der Waals surface area contributed by atoms with E-state index in [1.807, 2.05) is 0 Å². The second kappa shape index (κ2) is 6.36. The Hall–Kier alpha value is -2.04. The Morgan fingerprint density at radius 2 is 2.08 bits per heavy atom. The molecule has 1 atom stereocenters. The third-order valence-corrected chi connectivity index (χ3v) is 5.52. The van der Waals surface area contributed by atoms with Gasteiger partial charge in [-0.1, -0.05) is 18.2 Å². The molecule has 4 heteroatoms. The Morgan fingerprint density at radius 3 is 3.00 bits per heavy atom. The van der Waals surface area contributed by atoms with E-state index in [0.717, 1.165) is 50.6 Å². The summed E-state index contributed by atoms with van der Waals surface area (Å²) >= 11 is 0. The van der Waals surface area contributed by atoms with E-state index in [9.17, 15) is 0 Å². The average molecular weight is 336 g/mol. The van der Waals surface area contributed by atoms with Crippen LogP contribution in [0.5, 0.6) is 0 Å². The highest BCUT2D eigenvalue weighted by molar-refractivity contribution is 5.84. The Balaban J connectivity index is 1.31. The molecule has 1 fully saturated rings. The van der Waals surface area contributed by atoms with Gasteiger partial charge >= 0.3 is 0 Å². The van der Waals surface area contributed by atoms with Crippen molar-refractivity contribution < 1.29 is 9.15 Å². The molecule has 0 unspecified atom stereocenters. The van der Waals surface area contributed by atoms with Crippen LogP contribution >= 0.6 is 0 Å². The number of aromatic amines is 1. The zero-order valence-electron chi connectivity index (χ0n) is 14.5. The van der Waals surface area contributed by atoms with Crippen LogP contribution in [-0.2, 0) is 24.2 Å². The van der Waals surface area contributed by atoms with E-state index in [0.29, 0.717) is 0 Å². The number of nitrogens with zero attached hydrogens (tertiary/aromatic N) is 1. The van der Waals surface area contributed by atoms with Gasteiger partial charge in [0.2, 0.25) is 0 Å². The van der Waals surface area contributed by atoms with Crippen molar-refractivity contribution in [2.75, 3.05) is 13.2 Å². The number of aromatic nitrogens is 1. The third-order valence-electron chi connectivity index (χ3n) is 5.52. The fraction of sp³-hybridized carbons (Fsp3) is 0.429. The zero-order chi connectivity index (χ0) is 16.6. The lowest BCUT2D eigenvalue weighted by Gasteiger charge is -2.26. The van der Waals surface area contributed by atoms with E-state index in [1.165, 1.54) is 35.0 Å². The van der Waals surface area contributed by atoms with Crippen LogP contribution in [-0.4, -0.2) is 23.0 Å². The molecule has 4 heterocycles. The van der Waals surface area contributed by atoms with Gasteiger partial charge in [-0.05, 0) is 43.0 Å². The van der Waals surface area contributed by atoms with Crippen LogP contribution in [0.1, 0.15) is 48.1 Å². The number of hydrogen-bond acceptors (Lipinski definition) is 3. The number of para-hydroxylation sites is 1. The van der Waals surface area contributed by atoms with E-state index in [1.54, 1.807) is 0 Å². The van der Waals surface area contributed by atoms with Gasteiger partial charge in [-0.25, -0.2) is 0 Å². The lowest BCUT2D eigenvalue weighted by molar-refractivity contribution is 0.000801.